The molecule has 6 nitrogen and oxygen atoms in total. The van der Waals surface area contributed by atoms with Crippen LogP contribution < -0.4 is 5.32 Å². The van der Waals surface area contributed by atoms with Crippen molar-refractivity contribution in [1.82, 2.24) is 9.88 Å². The molecule has 0 fully saturated rings. The van der Waals surface area contributed by atoms with Crippen molar-refractivity contribution in [3.63, 3.8) is 0 Å². The lowest BCUT2D eigenvalue weighted by Crippen LogP contribution is -2.38. The first-order valence-corrected chi connectivity index (χ1v) is 9.31. The molecular formula is C21H31N3O3. The second-order valence-corrected chi connectivity index (χ2v) is 7.68. The molecule has 1 heterocycles. The molecular weight excluding hydrogens is 342 g/mol. The fourth-order valence-electron chi connectivity index (χ4n) is 2.58. The van der Waals surface area contributed by atoms with Gasteiger partial charge in [-0.25, -0.2) is 4.79 Å². The zero-order valence-electron chi connectivity index (χ0n) is 17.4. The van der Waals surface area contributed by atoms with Gasteiger partial charge in [0.05, 0.1) is 0 Å². The third kappa shape index (κ3) is 6.59. The molecule has 0 radical (unpaired) electrons. The van der Waals surface area contributed by atoms with Gasteiger partial charge in [-0.2, -0.15) is 5.26 Å². The number of nitrogens with zero attached hydrogens (tertiary/aromatic N) is 2. The standard InChI is InChI=1S/C21H31N3O3/c1-13(2)11-24-15(5)8-18(17(24)7)9-19(10-22)21(26)27-12-20(25)23-16(6)14(3)4/h8-9,13-14,16H,11-12H2,1-7H3,(H,23,25)/b19-9+. The van der Waals surface area contributed by atoms with E-state index < -0.39 is 12.6 Å². The highest BCUT2D eigenvalue weighted by molar-refractivity contribution is 5.99. The van der Waals surface area contributed by atoms with Crippen LogP contribution in [-0.2, 0) is 20.9 Å². The molecule has 1 atom stereocenters. The summed E-state index contributed by atoms with van der Waals surface area (Å²) in [7, 11) is 0. The van der Waals surface area contributed by atoms with Gasteiger partial charge in [-0.15, -0.1) is 0 Å². The van der Waals surface area contributed by atoms with Gasteiger partial charge in [0.2, 0.25) is 0 Å². The van der Waals surface area contributed by atoms with E-state index in [4.69, 9.17) is 4.74 Å². The maximum atomic E-state index is 12.2. The molecule has 1 aromatic heterocycles. The Kier molecular flexibility index (Phi) is 8.30. The largest absolute Gasteiger partial charge is 0.451 e. The Labute approximate surface area is 162 Å². The van der Waals surface area contributed by atoms with E-state index in [1.54, 1.807) is 0 Å². The maximum absolute atomic E-state index is 12.2. The van der Waals surface area contributed by atoms with Crippen molar-refractivity contribution in [3.8, 4) is 6.07 Å². The molecule has 0 saturated heterocycles. The van der Waals surface area contributed by atoms with E-state index in [0.717, 1.165) is 23.5 Å². The number of hydrogen-bond donors (Lipinski definition) is 1. The number of nitriles is 1. The lowest BCUT2D eigenvalue weighted by Gasteiger charge is -2.17. The average molecular weight is 373 g/mol. The van der Waals surface area contributed by atoms with Gasteiger partial charge in [-0.3, -0.25) is 4.79 Å². The molecule has 1 rings (SSSR count). The summed E-state index contributed by atoms with van der Waals surface area (Å²) in [6, 6.07) is 3.80. The Hall–Kier alpha value is -2.55. The summed E-state index contributed by atoms with van der Waals surface area (Å²) in [5.41, 5.74) is 2.74. The van der Waals surface area contributed by atoms with Crippen molar-refractivity contribution in [1.29, 1.82) is 5.26 Å². The monoisotopic (exact) mass is 373 g/mol. The average Bonchev–Trinajstić information content (AvgIpc) is 2.84. The minimum absolute atomic E-state index is 0.0199. The van der Waals surface area contributed by atoms with Crippen molar-refractivity contribution >= 4 is 18.0 Å². The highest BCUT2D eigenvalue weighted by Crippen LogP contribution is 2.20. The van der Waals surface area contributed by atoms with E-state index in [2.05, 4.69) is 23.7 Å². The number of aromatic nitrogens is 1. The molecule has 1 unspecified atom stereocenters. The van der Waals surface area contributed by atoms with Crippen LogP contribution in [0.4, 0.5) is 0 Å². The predicted molar refractivity (Wildman–Crippen MR) is 106 cm³/mol. The lowest BCUT2D eigenvalue weighted by molar-refractivity contribution is -0.144. The number of aryl methyl sites for hydroxylation is 1. The second kappa shape index (κ2) is 9.96. The second-order valence-electron chi connectivity index (χ2n) is 7.68. The smallest absolute Gasteiger partial charge is 0.349 e. The molecule has 148 valence electrons. The van der Waals surface area contributed by atoms with Gasteiger partial charge in [0.25, 0.3) is 5.91 Å². The molecule has 6 heteroatoms. The summed E-state index contributed by atoms with van der Waals surface area (Å²) < 4.78 is 7.17. The van der Waals surface area contributed by atoms with Crippen LogP contribution in [0.3, 0.4) is 0 Å². The van der Waals surface area contributed by atoms with Crippen LogP contribution in [0.2, 0.25) is 0 Å². The number of carbonyl (C=O) groups is 2. The van der Waals surface area contributed by atoms with Crippen molar-refractivity contribution < 1.29 is 14.3 Å². The number of nitrogens with one attached hydrogen (secondary N) is 1. The fraction of sp³-hybridized carbons (Fsp3) is 0.571. The summed E-state index contributed by atoms with van der Waals surface area (Å²) >= 11 is 0. The van der Waals surface area contributed by atoms with E-state index >= 15 is 0 Å². The lowest BCUT2D eigenvalue weighted by atomic mass is 10.1. The number of rotatable bonds is 8. The Bertz CT molecular complexity index is 751. The van der Waals surface area contributed by atoms with Gasteiger partial charge in [0.15, 0.2) is 6.61 Å². The van der Waals surface area contributed by atoms with Crippen molar-refractivity contribution in [3.05, 3.63) is 28.6 Å². The van der Waals surface area contributed by atoms with Crippen LogP contribution in [0.25, 0.3) is 6.08 Å². The van der Waals surface area contributed by atoms with Crippen LogP contribution >= 0.6 is 0 Å². The van der Waals surface area contributed by atoms with E-state index in [1.807, 2.05) is 46.8 Å². The molecule has 1 N–H and O–H groups in total. The molecule has 0 bridgehead atoms. The summed E-state index contributed by atoms with van der Waals surface area (Å²) in [5, 5.41) is 12.1. The van der Waals surface area contributed by atoms with Gasteiger partial charge in [-0.05, 0) is 50.3 Å². The van der Waals surface area contributed by atoms with Crippen LogP contribution in [-0.4, -0.2) is 29.1 Å². The Morgan fingerprint density at radius 1 is 1.26 bits per heavy atom. The Morgan fingerprint density at radius 2 is 1.89 bits per heavy atom. The summed E-state index contributed by atoms with van der Waals surface area (Å²) in [5.74, 6) is -0.408. The van der Waals surface area contributed by atoms with Crippen LogP contribution in [0.5, 0.6) is 0 Å². The summed E-state index contributed by atoms with van der Waals surface area (Å²) in [6.45, 7) is 14.6. The highest BCUT2D eigenvalue weighted by atomic mass is 16.5. The number of ether oxygens (including phenoxy) is 1. The van der Waals surface area contributed by atoms with Gasteiger partial charge < -0.3 is 14.6 Å². The predicted octanol–water partition coefficient (Wildman–Crippen LogP) is 3.37. The first-order chi connectivity index (χ1) is 12.6. The number of hydrogen-bond acceptors (Lipinski definition) is 4. The molecule has 0 aromatic carbocycles. The van der Waals surface area contributed by atoms with Crippen molar-refractivity contribution in [2.24, 2.45) is 11.8 Å². The highest BCUT2D eigenvalue weighted by Gasteiger charge is 2.17. The molecule has 0 saturated carbocycles. The molecule has 0 aliphatic rings. The molecule has 1 aromatic rings. The van der Waals surface area contributed by atoms with E-state index in [-0.39, 0.29) is 23.4 Å². The minimum Gasteiger partial charge on any atom is -0.451 e. The third-order valence-corrected chi connectivity index (χ3v) is 4.52. The topological polar surface area (TPSA) is 84.1 Å². The number of esters is 1. The van der Waals surface area contributed by atoms with Gasteiger partial charge in [0, 0.05) is 24.0 Å². The number of carbonyl (C=O) groups excluding carboxylic acids is 2. The van der Waals surface area contributed by atoms with Crippen LogP contribution in [0.1, 0.15) is 51.6 Å². The zero-order chi connectivity index (χ0) is 20.7. The molecule has 1 amide bonds. The fourth-order valence-corrected chi connectivity index (χ4v) is 2.58. The van der Waals surface area contributed by atoms with E-state index in [9.17, 15) is 14.9 Å². The third-order valence-electron chi connectivity index (χ3n) is 4.52. The van der Waals surface area contributed by atoms with Gasteiger partial charge in [-0.1, -0.05) is 27.7 Å². The minimum atomic E-state index is -0.793. The molecule has 0 spiro atoms. The summed E-state index contributed by atoms with van der Waals surface area (Å²) in [6.07, 6.45) is 1.52. The maximum Gasteiger partial charge on any atom is 0.349 e. The van der Waals surface area contributed by atoms with Crippen LogP contribution in [0, 0.1) is 37.0 Å². The normalized spacial score (nSPS) is 12.8. The van der Waals surface area contributed by atoms with E-state index in [0.29, 0.717) is 5.92 Å². The van der Waals surface area contributed by atoms with E-state index in [1.165, 1.54) is 6.08 Å². The molecule has 0 aliphatic heterocycles. The zero-order valence-corrected chi connectivity index (χ0v) is 17.4. The molecule has 27 heavy (non-hydrogen) atoms. The van der Waals surface area contributed by atoms with Gasteiger partial charge >= 0.3 is 5.97 Å². The SMILES string of the molecule is Cc1cc(/C=C(\C#N)C(=O)OCC(=O)NC(C)C(C)C)c(C)n1CC(C)C. The number of amides is 1. The Morgan fingerprint density at radius 3 is 2.41 bits per heavy atom. The quantitative estimate of drug-likeness (QED) is 0.430. The van der Waals surface area contributed by atoms with Crippen molar-refractivity contribution in [2.45, 2.75) is 61.1 Å². The van der Waals surface area contributed by atoms with Crippen molar-refractivity contribution in [2.75, 3.05) is 6.61 Å². The van der Waals surface area contributed by atoms with Crippen LogP contribution in [0.15, 0.2) is 11.6 Å². The molecule has 0 aliphatic carbocycles. The van der Waals surface area contributed by atoms with Gasteiger partial charge in [0.1, 0.15) is 11.6 Å². The first-order valence-electron chi connectivity index (χ1n) is 9.31. The Balaban J connectivity index is 2.85. The first kappa shape index (κ1) is 22.5. The summed E-state index contributed by atoms with van der Waals surface area (Å²) in [4.78, 5) is 24.0.